The molecule has 26 heavy (non-hydrogen) atoms. The fraction of sp³-hybridized carbons (Fsp3) is 0.143. The van der Waals surface area contributed by atoms with Crippen LogP contribution < -0.4 is 10.4 Å². The number of halogens is 1. The third-order valence-electron chi connectivity index (χ3n) is 4.00. The van der Waals surface area contributed by atoms with E-state index < -0.39 is 11.7 Å². The molecule has 0 N–H and O–H groups in total. The van der Waals surface area contributed by atoms with Crippen molar-refractivity contribution < 1.29 is 9.18 Å². The zero-order valence-corrected chi connectivity index (χ0v) is 14.8. The minimum absolute atomic E-state index is 0.225. The molecule has 0 atom stereocenters. The predicted octanol–water partition coefficient (Wildman–Crippen LogP) is 3.48. The van der Waals surface area contributed by atoms with Gasteiger partial charge in [-0.1, -0.05) is 36.4 Å². The topological polar surface area (TPSA) is 37.6 Å². The summed E-state index contributed by atoms with van der Waals surface area (Å²) in [5, 5.41) is 0. The van der Waals surface area contributed by atoms with E-state index in [0.29, 0.717) is 17.7 Å². The fourth-order valence-electron chi connectivity index (χ4n) is 2.65. The van der Waals surface area contributed by atoms with Gasteiger partial charge < -0.3 is 9.47 Å². The standard InChI is InChI=1S/C21H20FN3O/c1-24(2)19-12-11-17(14-18(19)22)21(26)23-20-10-6-7-13-25(20)15-16-8-4-3-5-9-16/h3-14H,15H2,1-2H3. The van der Waals surface area contributed by atoms with E-state index in [-0.39, 0.29) is 5.56 Å². The van der Waals surface area contributed by atoms with Gasteiger partial charge in [-0.25, -0.2) is 4.39 Å². The molecule has 2 aromatic carbocycles. The number of carbonyl (C=O) groups excluding carboxylic acids is 1. The third-order valence-corrected chi connectivity index (χ3v) is 4.00. The Morgan fingerprint density at radius 1 is 1.04 bits per heavy atom. The van der Waals surface area contributed by atoms with Gasteiger partial charge >= 0.3 is 0 Å². The number of pyridine rings is 1. The van der Waals surface area contributed by atoms with Crippen LogP contribution in [0.3, 0.4) is 0 Å². The van der Waals surface area contributed by atoms with E-state index in [1.54, 1.807) is 37.2 Å². The smallest absolute Gasteiger partial charge is 0.279 e. The van der Waals surface area contributed by atoms with Crippen molar-refractivity contribution in [2.45, 2.75) is 6.54 Å². The molecule has 3 rings (SSSR count). The van der Waals surface area contributed by atoms with Crippen molar-refractivity contribution in [2.75, 3.05) is 19.0 Å². The molecular formula is C21H20FN3O. The van der Waals surface area contributed by atoms with Crippen molar-refractivity contribution in [1.29, 1.82) is 0 Å². The lowest BCUT2D eigenvalue weighted by Gasteiger charge is -2.13. The predicted molar refractivity (Wildman–Crippen MR) is 101 cm³/mol. The number of carbonyl (C=O) groups is 1. The Balaban J connectivity index is 1.93. The lowest BCUT2D eigenvalue weighted by Crippen LogP contribution is -2.22. The number of amides is 1. The molecule has 0 fully saturated rings. The van der Waals surface area contributed by atoms with E-state index in [1.807, 2.05) is 53.2 Å². The highest BCUT2D eigenvalue weighted by atomic mass is 19.1. The monoisotopic (exact) mass is 349 g/mol. The molecule has 0 aliphatic rings. The second-order valence-electron chi connectivity index (χ2n) is 6.15. The Bertz CT molecular complexity index is 978. The number of anilines is 1. The number of benzene rings is 2. The van der Waals surface area contributed by atoms with Crippen molar-refractivity contribution in [3.8, 4) is 0 Å². The molecule has 0 aliphatic heterocycles. The van der Waals surface area contributed by atoms with E-state index in [4.69, 9.17) is 0 Å². The number of nitrogens with zero attached hydrogens (tertiary/aromatic N) is 3. The Kier molecular flexibility index (Phi) is 5.27. The van der Waals surface area contributed by atoms with Gasteiger partial charge in [0.2, 0.25) is 0 Å². The first-order chi connectivity index (χ1) is 12.5. The maximum Gasteiger partial charge on any atom is 0.279 e. The lowest BCUT2D eigenvalue weighted by molar-refractivity contribution is 0.0996. The van der Waals surface area contributed by atoms with E-state index in [1.165, 1.54) is 6.07 Å². The zero-order valence-electron chi connectivity index (χ0n) is 14.8. The Labute approximate surface area is 151 Å². The summed E-state index contributed by atoms with van der Waals surface area (Å²) in [6.07, 6.45) is 1.87. The highest BCUT2D eigenvalue weighted by Crippen LogP contribution is 2.18. The molecule has 132 valence electrons. The van der Waals surface area contributed by atoms with Crippen LogP contribution in [0.15, 0.2) is 77.9 Å². The highest BCUT2D eigenvalue weighted by molar-refractivity contribution is 5.95. The first-order valence-electron chi connectivity index (χ1n) is 8.30. The maximum absolute atomic E-state index is 14.1. The Morgan fingerprint density at radius 2 is 1.77 bits per heavy atom. The molecule has 0 saturated heterocycles. The summed E-state index contributed by atoms with van der Waals surface area (Å²) >= 11 is 0. The second-order valence-corrected chi connectivity index (χ2v) is 6.15. The van der Waals surface area contributed by atoms with Crippen LogP contribution >= 0.6 is 0 Å². The molecule has 1 aromatic heterocycles. The van der Waals surface area contributed by atoms with Crippen LogP contribution in [0, 0.1) is 5.82 Å². The van der Waals surface area contributed by atoms with Crippen molar-refractivity contribution in [3.05, 3.63) is 95.4 Å². The molecular weight excluding hydrogens is 329 g/mol. The minimum atomic E-state index is -0.470. The van der Waals surface area contributed by atoms with E-state index in [2.05, 4.69) is 4.99 Å². The quantitative estimate of drug-likeness (QED) is 0.723. The summed E-state index contributed by atoms with van der Waals surface area (Å²) in [6.45, 7) is 0.599. The summed E-state index contributed by atoms with van der Waals surface area (Å²) < 4.78 is 16.0. The van der Waals surface area contributed by atoms with E-state index >= 15 is 0 Å². The fourth-order valence-corrected chi connectivity index (χ4v) is 2.65. The molecule has 0 saturated carbocycles. The summed E-state index contributed by atoms with van der Waals surface area (Å²) in [5.74, 6) is -0.913. The summed E-state index contributed by atoms with van der Waals surface area (Å²) in [7, 11) is 3.50. The molecule has 4 nitrogen and oxygen atoms in total. The van der Waals surface area contributed by atoms with Crippen molar-refractivity contribution in [3.63, 3.8) is 0 Å². The number of hydrogen-bond acceptors (Lipinski definition) is 2. The van der Waals surface area contributed by atoms with Crippen LogP contribution in [0.2, 0.25) is 0 Å². The third kappa shape index (κ3) is 4.06. The van der Waals surface area contributed by atoms with Crippen molar-refractivity contribution >= 4 is 11.6 Å². The van der Waals surface area contributed by atoms with Crippen molar-refractivity contribution in [2.24, 2.45) is 4.99 Å². The molecule has 1 amide bonds. The van der Waals surface area contributed by atoms with Gasteiger partial charge in [0.05, 0.1) is 5.69 Å². The Morgan fingerprint density at radius 3 is 2.46 bits per heavy atom. The van der Waals surface area contributed by atoms with Crippen LogP contribution in [0.4, 0.5) is 10.1 Å². The van der Waals surface area contributed by atoms with Gasteiger partial charge in [-0.2, -0.15) is 4.99 Å². The average molecular weight is 349 g/mol. The van der Waals surface area contributed by atoms with Crippen LogP contribution in [-0.2, 0) is 6.54 Å². The average Bonchev–Trinajstić information content (AvgIpc) is 2.63. The first-order valence-corrected chi connectivity index (χ1v) is 8.30. The molecule has 0 aliphatic carbocycles. The van der Waals surface area contributed by atoms with Crippen LogP contribution in [0.1, 0.15) is 15.9 Å². The largest absolute Gasteiger partial charge is 0.375 e. The summed E-state index contributed by atoms with van der Waals surface area (Å²) in [4.78, 5) is 18.3. The van der Waals surface area contributed by atoms with E-state index in [9.17, 15) is 9.18 Å². The van der Waals surface area contributed by atoms with Gasteiger partial charge in [0.1, 0.15) is 11.3 Å². The van der Waals surface area contributed by atoms with Crippen LogP contribution in [0.25, 0.3) is 0 Å². The van der Waals surface area contributed by atoms with Gasteiger partial charge in [0, 0.05) is 32.4 Å². The second kappa shape index (κ2) is 7.78. The number of rotatable bonds is 4. The van der Waals surface area contributed by atoms with E-state index in [0.717, 1.165) is 5.56 Å². The molecule has 0 bridgehead atoms. The minimum Gasteiger partial charge on any atom is -0.375 e. The van der Waals surface area contributed by atoms with Crippen LogP contribution in [-0.4, -0.2) is 24.6 Å². The first kappa shape index (κ1) is 17.6. The van der Waals surface area contributed by atoms with Gasteiger partial charge in [0.15, 0.2) is 0 Å². The molecule has 3 aromatic rings. The zero-order chi connectivity index (χ0) is 18.5. The molecule has 0 spiro atoms. The highest BCUT2D eigenvalue weighted by Gasteiger charge is 2.10. The molecule has 5 heteroatoms. The summed E-state index contributed by atoms with van der Waals surface area (Å²) in [5.41, 5.74) is 2.29. The van der Waals surface area contributed by atoms with Crippen molar-refractivity contribution in [1.82, 2.24) is 4.57 Å². The van der Waals surface area contributed by atoms with Gasteiger partial charge in [0.25, 0.3) is 5.91 Å². The Hall–Kier alpha value is -3.21. The summed E-state index contributed by atoms with van der Waals surface area (Å²) in [6, 6.07) is 19.8. The van der Waals surface area contributed by atoms with Crippen LogP contribution in [0.5, 0.6) is 0 Å². The van der Waals surface area contributed by atoms with Gasteiger partial charge in [-0.05, 0) is 35.9 Å². The molecule has 0 unspecified atom stereocenters. The molecule has 1 heterocycles. The number of aromatic nitrogens is 1. The van der Waals surface area contributed by atoms with Gasteiger partial charge in [-0.3, -0.25) is 4.79 Å². The SMILES string of the molecule is CN(C)c1ccc(C(=O)N=c2ccccn2Cc2ccccc2)cc1F. The maximum atomic E-state index is 14.1. The van der Waals surface area contributed by atoms with Gasteiger partial charge in [-0.15, -0.1) is 0 Å². The molecule has 0 radical (unpaired) electrons. The lowest BCUT2D eigenvalue weighted by atomic mass is 10.2. The normalized spacial score (nSPS) is 11.4. The number of hydrogen-bond donors (Lipinski definition) is 0.